The Labute approximate surface area is 575 Å². The SMILES string of the molecule is CC(C)CCCCCCCCCCCCCCCCCC(=O)O[C@H](COC(=O)CCCCCCCCC(C)C)COP(=O)(O)OCC(O)COP(=O)(O)OC[C@@H](COC(=O)CCCCCCCCCCCCCCCCC(C)C)OC(=O)CCCCCCCCCC(C)C. The van der Waals surface area contributed by atoms with Gasteiger partial charge in [0.25, 0.3) is 0 Å². The fraction of sp³-hybridized carbons (Fsp3) is 0.947. The number of esters is 4. The first kappa shape index (κ1) is 92.1. The molecule has 0 fully saturated rings. The summed E-state index contributed by atoms with van der Waals surface area (Å²) < 4.78 is 68.4. The van der Waals surface area contributed by atoms with Crippen molar-refractivity contribution in [2.24, 2.45) is 23.7 Å². The molecule has 17 nitrogen and oxygen atoms in total. The zero-order valence-electron chi connectivity index (χ0n) is 61.6. The number of ether oxygens (including phenoxy) is 4. The predicted molar refractivity (Wildman–Crippen MR) is 381 cm³/mol. The van der Waals surface area contributed by atoms with Gasteiger partial charge in [0, 0.05) is 25.7 Å². The summed E-state index contributed by atoms with van der Waals surface area (Å²) in [6.45, 7) is 14.1. The van der Waals surface area contributed by atoms with E-state index in [1.807, 2.05) is 0 Å². The Bertz CT molecular complexity index is 1820. The van der Waals surface area contributed by atoms with E-state index in [2.05, 4.69) is 55.4 Å². The first-order valence-corrected chi connectivity index (χ1v) is 41.7. The van der Waals surface area contributed by atoms with Gasteiger partial charge in [-0.05, 0) is 49.4 Å². The van der Waals surface area contributed by atoms with Crippen molar-refractivity contribution in [3.8, 4) is 0 Å². The van der Waals surface area contributed by atoms with Crippen LogP contribution in [0.2, 0.25) is 0 Å². The highest BCUT2D eigenvalue weighted by Gasteiger charge is 2.30. The molecule has 0 aromatic carbocycles. The molecule has 0 heterocycles. The number of aliphatic hydroxyl groups excluding tert-OH is 1. The Hall–Kier alpha value is -1.94. The van der Waals surface area contributed by atoms with Gasteiger partial charge in [0.15, 0.2) is 12.2 Å². The zero-order chi connectivity index (χ0) is 69.6. The van der Waals surface area contributed by atoms with Gasteiger partial charge in [0.05, 0.1) is 26.4 Å². The molecule has 0 aromatic heterocycles. The summed E-state index contributed by atoms with van der Waals surface area (Å²) in [5, 5.41) is 10.6. The standard InChI is InChI=1S/C75H146O17P2/c1-65(2)51-43-35-27-22-18-14-10-9-11-17-21-25-31-41-49-57-74(79)91-71(62-86-73(78)56-48-40-34-33-38-46-54-68(7)8)64-90-94(83,84)88-60-69(76)59-87-93(81,82)89-63-70(92-75(80)58-50-42-32-26-29-37-45-53-67(5)6)61-85-72(77)55-47-39-30-24-20-16-13-12-15-19-23-28-36-44-52-66(3)4/h65-71,76H,9-64H2,1-8H3,(H,81,82)(H,83,84)/t69?,70-,71-/m1/s1. The Morgan fingerprint density at radius 2 is 0.447 bits per heavy atom. The third kappa shape index (κ3) is 68.6. The minimum absolute atomic E-state index is 0.103. The molecule has 0 saturated heterocycles. The maximum absolute atomic E-state index is 13.0. The lowest BCUT2D eigenvalue weighted by Crippen LogP contribution is -2.30. The second kappa shape index (κ2) is 64.4. The molecule has 5 atom stereocenters. The molecule has 0 aliphatic rings. The van der Waals surface area contributed by atoms with Gasteiger partial charge >= 0.3 is 39.5 Å². The van der Waals surface area contributed by atoms with E-state index in [-0.39, 0.29) is 25.7 Å². The molecular weight excluding hydrogens is 1230 g/mol. The van der Waals surface area contributed by atoms with Crippen LogP contribution in [0.25, 0.3) is 0 Å². The largest absolute Gasteiger partial charge is 0.472 e. The molecule has 0 bridgehead atoms. The average Bonchev–Trinajstić information content (AvgIpc) is 2.41. The molecule has 0 amide bonds. The van der Waals surface area contributed by atoms with Crippen LogP contribution < -0.4 is 0 Å². The lowest BCUT2D eigenvalue weighted by molar-refractivity contribution is -0.161. The van der Waals surface area contributed by atoms with Crippen LogP contribution in [0.15, 0.2) is 0 Å². The van der Waals surface area contributed by atoms with Crippen molar-refractivity contribution in [1.82, 2.24) is 0 Å². The van der Waals surface area contributed by atoms with Gasteiger partial charge in [-0.15, -0.1) is 0 Å². The van der Waals surface area contributed by atoms with Gasteiger partial charge in [-0.1, -0.05) is 325 Å². The van der Waals surface area contributed by atoms with E-state index in [9.17, 15) is 43.2 Å². The lowest BCUT2D eigenvalue weighted by atomic mass is 10.0. The molecule has 19 heteroatoms. The van der Waals surface area contributed by atoms with E-state index in [0.29, 0.717) is 37.5 Å². The Balaban J connectivity index is 5.17. The van der Waals surface area contributed by atoms with E-state index >= 15 is 0 Å². The van der Waals surface area contributed by atoms with Crippen molar-refractivity contribution in [3.63, 3.8) is 0 Å². The molecule has 3 unspecified atom stereocenters. The van der Waals surface area contributed by atoms with Crippen molar-refractivity contribution >= 4 is 39.5 Å². The van der Waals surface area contributed by atoms with E-state index in [1.165, 1.54) is 173 Å². The van der Waals surface area contributed by atoms with Gasteiger partial charge < -0.3 is 33.8 Å². The molecule has 94 heavy (non-hydrogen) atoms. The van der Waals surface area contributed by atoms with Gasteiger partial charge in [-0.2, -0.15) is 0 Å². The normalized spacial score (nSPS) is 14.2. The summed E-state index contributed by atoms with van der Waals surface area (Å²) in [6, 6.07) is 0. The summed E-state index contributed by atoms with van der Waals surface area (Å²) >= 11 is 0. The van der Waals surface area contributed by atoms with Gasteiger partial charge in [0.2, 0.25) is 0 Å². The summed E-state index contributed by atoms with van der Waals surface area (Å²) in [4.78, 5) is 72.7. The Morgan fingerprint density at radius 1 is 0.266 bits per heavy atom. The number of carbonyl (C=O) groups is 4. The van der Waals surface area contributed by atoms with Crippen molar-refractivity contribution < 1.29 is 80.2 Å². The molecule has 0 spiro atoms. The van der Waals surface area contributed by atoms with Crippen LogP contribution in [-0.2, 0) is 65.4 Å². The maximum atomic E-state index is 13.0. The minimum Gasteiger partial charge on any atom is -0.462 e. The van der Waals surface area contributed by atoms with Crippen LogP contribution in [0.3, 0.4) is 0 Å². The first-order chi connectivity index (χ1) is 45.1. The molecular formula is C75H146O17P2. The predicted octanol–water partition coefficient (Wildman–Crippen LogP) is 21.7. The average molecular weight is 1380 g/mol. The first-order valence-electron chi connectivity index (χ1n) is 38.7. The third-order valence-electron chi connectivity index (χ3n) is 17.3. The van der Waals surface area contributed by atoms with E-state index in [4.69, 9.17) is 37.0 Å². The summed E-state index contributed by atoms with van der Waals surface area (Å²) in [5.41, 5.74) is 0. The van der Waals surface area contributed by atoms with Crippen LogP contribution in [-0.4, -0.2) is 96.7 Å². The fourth-order valence-corrected chi connectivity index (χ4v) is 13.0. The van der Waals surface area contributed by atoms with Gasteiger partial charge in [-0.25, -0.2) is 9.13 Å². The number of phosphoric ester groups is 2. The quantitative estimate of drug-likeness (QED) is 0.0222. The number of aliphatic hydroxyl groups is 1. The highest BCUT2D eigenvalue weighted by molar-refractivity contribution is 7.47. The van der Waals surface area contributed by atoms with E-state index in [0.717, 1.165) is 108 Å². The molecule has 0 aromatic rings. The molecule has 0 aliphatic carbocycles. The minimum atomic E-state index is -4.95. The maximum Gasteiger partial charge on any atom is 0.472 e. The van der Waals surface area contributed by atoms with Crippen LogP contribution >= 0.6 is 15.6 Å². The Morgan fingerprint density at radius 3 is 0.660 bits per heavy atom. The van der Waals surface area contributed by atoms with Crippen molar-refractivity contribution in [2.45, 2.75) is 395 Å². The second-order valence-electron chi connectivity index (χ2n) is 28.9. The number of unbranched alkanes of at least 4 members (excludes halogenated alkanes) is 38. The molecule has 0 radical (unpaired) electrons. The summed E-state index contributed by atoms with van der Waals surface area (Å²) in [6.07, 6.45) is 48.9. The van der Waals surface area contributed by atoms with Crippen molar-refractivity contribution in [3.05, 3.63) is 0 Å². The monoisotopic (exact) mass is 1380 g/mol. The molecule has 3 N–H and O–H groups in total. The van der Waals surface area contributed by atoms with Crippen molar-refractivity contribution in [2.75, 3.05) is 39.6 Å². The van der Waals surface area contributed by atoms with E-state index < -0.39 is 97.5 Å². The Kier molecular flexibility index (Phi) is 63.1. The van der Waals surface area contributed by atoms with Crippen LogP contribution in [0.1, 0.15) is 376 Å². The number of rotatable bonds is 72. The molecule has 0 saturated carbocycles. The molecule has 0 aliphatic heterocycles. The molecule has 558 valence electrons. The zero-order valence-corrected chi connectivity index (χ0v) is 63.4. The second-order valence-corrected chi connectivity index (χ2v) is 31.9. The summed E-state index contributed by atoms with van der Waals surface area (Å²) in [7, 11) is -9.91. The van der Waals surface area contributed by atoms with Crippen LogP contribution in [0.4, 0.5) is 0 Å². The number of hydrogen-bond acceptors (Lipinski definition) is 15. The number of phosphoric acid groups is 2. The number of hydrogen-bond donors (Lipinski definition) is 3. The topological polar surface area (TPSA) is 237 Å². The number of carbonyl (C=O) groups excluding carboxylic acids is 4. The van der Waals surface area contributed by atoms with Crippen LogP contribution in [0, 0.1) is 23.7 Å². The van der Waals surface area contributed by atoms with Gasteiger partial charge in [-0.3, -0.25) is 37.3 Å². The lowest BCUT2D eigenvalue weighted by Gasteiger charge is -2.21. The smallest absolute Gasteiger partial charge is 0.462 e. The third-order valence-corrected chi connectivity index (χ3v) is 19.2. The highest BCUT2D eigenvalue weighted by atomic mass is 31.2. The van der Waals surface area contributed by atoms with Gasteiger partial charge in [0.1, 0.15) is 19.3 Å². The van der Waals surface area contributed by atoms with Crippen LogP contribution in [0.5, 0.6) is 0 Å². The highest BCUT2D eigenvalue weighted by Crippen LogP contribution is 2.45. The summed E-state index contributed by atoms with van der Waals surface area (Å²) in [5.74, 6) is 0.851. The van der Waals surface area contributed by atoms with Crippen molar-refractivity contribution in [1.29, 1.82) is 0 Å². The fourth-order valence-electron chi connectivity index (χ4n) is 11.4. The molecule has 0 rings (SSSR count). The van der Waals surface area contributed by atoms with E-state index in [1.54, 1.807) is 0 Å².